The molecule has 3 aromatic rings. The van der Waals surface area contributed by atoms with E-state index in [1.54, 1.807) is 49.4 Å². The number of amides is 2. The van der Waals surface area contributed by atoms with Gasteiger partial charge in [0, 0.05) is 12.1 Å². The van der Waals surface area contributed by atoms with Crippen LogP contribution < -0.4 is 19.2 Å². The quantitative estimate of drug-likeness (QED) is 0.489. The van der Waals surface area contributed by atoms with Crippen molar-refractivity contribution < 1.29 is 33.4 Å². The highest BCUT2D eigenvalue weighted by molar-refractivity contribution is 6.21. The highest BCUT2D eigenvalue weighted by Gasteiger charge is 2.50. The number of carbonyl (C=O) groups excluding carboxylic acids is 3. The molecule has 1 aliphatic heterocycles. The maximum atomic E-state index is 13.1. The Labute approximate surface area is 166 Å². The number of imide groups is 1. The Bertz CT molecular complexity index is 1140. The summed E-state index contributed by atoms with van der Waals surface area (Å²) in [4.78, 5) is 42.3. The van der Waals surface area contributed by atoms with Crippen molar-refractivity contribution in [3.63, 3.8) is 0 Å². The minimum absolute atomic E-state index is 0.178. The van der Waals surface area contributed by atoms with Crippen LogP contribution in [0.25, 0.3) is 11.0 Å². The van der Waals surface area contributed by atoms with Crippen LogP contribution in [-0.4, -0.2) is 31.1 Å². The maximum absolute atomic E-state index is 13.1. The number of aromatic nitrogens is 2. The van der Waals surface area contributed by atoms with Crippen molar-refractivity contribution in [2.45, 2.75) is 13.8 Å². The Morgan fingerprint density at radius 2 is 1.83 bits per heavy atom. The fourth-order valence-electron chi connectivity index (χ4n) is 3.27. The second-order valence-electron chi connectivity index (χ2n) is 6.31. The number of esters is 1. The molecule has 2 aromatic carbocycles. The zero-order valence-corrected chi connectivity index (χ0v) is 16.0. The highest BCUT2D eigenvalue weighted by atomic mass is 16.5. The van der Waals surface area contributed by atoms with Gasteiger partial charge in [0.2, 0.25) is 11.7 Å². The number of nitrogens with zero attached hydrogens (tertiary/aromatic N) is 2. The van der Waals surface area contributed by atoms with E-state index in [1.165, 1.54) is 10.8 Å². The third-order valence-corrected chi connectivity index (χ3v) is 4.57. The molecule has 0 fully saturated rings. The molecular formula is C21H19N3O5+2. The zero-order chi connectivity index (χ0) is 20.5. The summed E-state index contributed by atoms with van der Waals surface area (Å²) in [7, 11) is 0. The molecule has 146 valence electrons. The van der Waals surface area contributed by atoms with Gasteiger partial charge < -0.3 is 9.47 Å². The van der Waals surface area contributed by atoms with E-state index in [4.69, 9.17) is 9.47 Å². The van der Waals surface area contributed by atoms with E-state index in [-0.39, 0.29) is 12.3 Å². The summed E-state index contributed by atoms with van der Waals surface area (Å²) in [6.07, 6.45) is 1.49. The molecule has 1 aliphatic rings. The molecule has 0 unspecified atom stereocenters. The number of carbonyl (C=O) groups is 3. The van der Waals surface area contributed by atoms with E-state index in [9.17, 15) is 14.4 Å². The molecule has 29 heavy (non-hydrogen) atoms. The summed E-state index contributed by atoms with van der Waals surface area (Å²) >= 11 is 0. The minimum atomic E-state index is -0.519. The van der Waals surface area contributed by atoms with Crippen molar-refractivity contribution in [1.82, 2.24) is 0 Å². The first-order valence-electron chi connectivity index (χ1n) is 9.24. The first-order valence-corrected chi connectivity index (χ1v) is 9.24. The topological polar surface area (TPSA) is 90.9 Å². The largest absolute Gasteiger partial charge is 0.512 e. The van der Waals surface area contributed by atoms with Gasteiger partial charge in [-0.3, -0.25) is 0 Å². The molecule has 0 saturated carbocycles. The lowest BCUT2D eigenvalue weighted by Gasteiger charge is -2.06. The molecule has 1 aromatic heterocycles. The molecule has 2 heterocycles. The molecule has 8 nitrogen and oxygen atoms in total. The molecular weight excluding hydrogens is 374 g/mol. The molecule has 0 bridgehead atoms. The molecule has 0 spiro atoms. The fraction of sp³-hybridized carbons (Fsp3) is 0.190. The average Bonchev–Trinajstić information content (AvgIpc) is 2.99. The van der Waals surface area contributed by atoms with Crippen LogP contribution in [0.4, 0.5) is 10.5 Å². The summed E-state index contributed by atoms with van der Waals surface area (Å²) in [6.45, 7) is 4.36. The summed E-state index contributed by atoms with van der Waals surface area (Å²) in [6, 6.07) is 11.0. The van der Waals surface area contributed by atoms with Crippen LogP contribution in [0, 0.1) is 0 Å². The SMILES string of the molecule is CCOC(=O)c1ccc2[nH+]cc3[n+](c2c1)C(=O)N(c1ccc(OCC)cc1)C3=O. The molecule has 0 aliphatic carbocycles. The number of hydrogen-bond acceptors (Lipinski definition) is 5. The molecule has 8 heteroatoms. The Morgan fingerprint density at radius 1 is 1.07 bits per heavy atom. The van der Waals surface area contributed by atoms with Gasteiger partial charge in [-0.2, -0.15) is 4.79 Å². The molecule has 0 atom stereocenters. The van der Waals surface area contributed by atoms with Crippen LogP contribution in [0.15, 0.2) is 48.7 Å². The summed E-state index contributed by atoms with van der Waals surface area (Å²) in [5, 5.41) is 0. The number of H-pyrrole nitrogens is 1. The van der Waals surface area contributed by atoms with E-state index in [0.717, 1.165) is 4.90 Å². The van der Waals surface area contributed by atoms with Crippen LogP contribution in [0.5, 0.6) is 5.75 Å². The zero-order valence-electron chi connectivity index (χ0n) is 16.0. The molecule has 0 radical (unpaired) electrons. The number of hydrogen-bond donors (Lipinski definition) is 0. The number of aromatic amines is 1. The number of anilines is 1. The van der Waals surface area contributed by atoms with Gasteiger partial charge in [-0.1, -0.05) is 0 Å². The van der Waals surface area contributed by atoms with E-state index in [1.807, 2.05) is 6.92 Å². The second kappa shape index (κ2) is 7.31. The predicted molar refractivity (Wildman–Crippen MR) is 102 cm³/mol. The van der Waals surface area contributed by atoms with Crippen molar-refractivity contribution in [3.8, 4) is 5.75 Å². The lowest BCUT2D eigenvalue weighted by atomic mass is 10.2. The standard InChI is InChI=1S/C21H18N3O5/c1-3-28-15-8-6-14(7-9-15)23-19(25)18-12-22-16-10-5-13(20(26)29-4-2)11-17(16)24(18)21(23)27/h5-12H,3-4H2,1-2H3/q+1/p+1. The smallest absolute Gasteiger partial charge is 0.494 e. The number of ether oxygens (including phenoxy) is 2. The van der Waals surface area contributed by atoms with Crippen LogP contribution in [0.2, 0.25) is 0 Å². The van der Waals surface area contributed by atoms with Gasteiger partial charge in [0.1, 0.15) is 11.4 Å². The fourth-order valence-corrected chi connectivity index (χ4v) is 3.27. The van der Waals surface area contributed by atoms with E-state index in [2.05, 4.69) is 4.98 Å². The summed E-state index contributed by atoms with van der Waals surface area (Å²) in [5.74, 6) is -0.301. The van der Waals surface area contributed by atoms with E-state index < -0.39 is 17.9 Å². The van der Waals surface area contributed by atoms with Crippen molar-refractivity contribution in [2.24, 2.45) is 0 Å². The Kier molecular flexibility index (Phi) is 4.67. The monoisotopic (exact) mass is 393 g/mol. The van der Waals surface area contributed by atoms with Crippen molar-refractivity contribution in [3.05, 3.63) is 59.9 Å². The van der Waals surface area contributed by atoms with Gasteiger partial charge in [-0.25, -0.2) is 14.6 Å². The van der Waals surface area contributed by atoms with Crippen LogP contribution in [-0.2, 0) is 4.74 Å². The number of benzene rings is 2. The third kappa shape index (κ3) is 3.08. The number of fused-ring (bicyclic) bond motifs is 3. The van der Waals surface area contributed by atoms with Gasteiger partial charge in [-0.15, -0.1) is 9.47 Å². The van der Waals surface area contributed by atoms with Gasteiger partial charge in [-0.05, 0) is 44.2 Å². The first-order chi connectivity index (χ1) is 14.0. The second-order valence-corrected chi connectivity index (χ2v) is 6.31. The van der Waals surface area contributed by atoms with Gasteiger partial charge in [0.05, 0.1) is 18.8 Å². The van der Waals surface area contributed by atoms with E-state index >= 15 is 0 Å². The summed E-state index contributed by atoms with van der Waals surface area (Å²) < 4.78 is 11.7. The van der Waals surface area contributed by atoms with Gasteiger partial charge in [0.15, 0.2) is 0 Å². The molecule has 1 N–H and O–H groups in total. The van der Waals surface area contributed by atoms with Crippen molar-refractivity contribution >= 4 is 34.6 Å². The lowest BCUT2D eigenvalue weighted by Crippen LogP contribution is -2.47. The van der Waals surface area contributed by atoms with Crippen LogP contribution in [0.3, 0.4) is 0 Å². The van der Waals surface area contributed by atoms with Crippen molar-refractivity contribution in [1.29, 1.82) is 0 Å². The van der Waals surface area contributed by atoms with Crippen LogP contribution >= 0.6 is 0 Å². The van der Waals surface area contributed by atoms with Gasteiger partial charge >= 0.3 is 17.9 Å². The number of nitrogens with one attached hydrogen (secondary N) is 1. The normalized spacial score (nSPS) is 13.0. The Hall–Kier alpha value is -3.81. The predicted octanol–water partition coefficient (Wildman–Crippen LogP) is 2.15. The maximum Gasteiger partial charge on any atom is 0.512 e. The van der Waals surface area contributed by atoms with Crippen LogP contribution in [0.1, 0.15) is 34.7 Å². The lowest BCUT2D eigenvalue weighted by molar-refractivity contribution is -0.551. The van der Waals surface area contributed by atoms with E-state index in [0.29, 0.717) is 34.6 Å². The molecule has 2 amide bonds. The number of rotatable bonds is 5. The van der Waals surface area contributed by atoms with Crippen molar-refractivity contribution in [2.75, 3.05) is 18.1 Å². The Morgan fingerprint density at radius 3 is 2.52 bits per heavy atom. The Balaban J connectivity index is 1.79. The minimum Gasteiger partial charge on any atom is -0.494 e. The molecule has 0 saturated heterocycles. The first kappa shape index (κ1) is 18.5. The average molecular weight is 393 g/mol. The van der Waals surface area contributed by atoms with Gasteiger partial charge in [0.25, 0.3) is 11.2 Å². The molecule has 4 rings (SSSR count). The summed E-state index contributed by atoms with van der Waals surface area (Å²) in [5.41, 5.74) is 1.93. The highest BCUT2D eigenvalue weighted by Crippen LogP contribution is 2.24. The third-order valence-electron chi connectivity index (χ3n) is 4.57.